The monoisotopic (exact) mass is 249 g/mol. The zero-order valence-corrected chi connectivity index (χ0v) is 10.8. The molecule has 0 aromatic carbocycles. The third-order valence-electron chi connectivity index (χ3n) is 3.40. The van der Waals surface area contributed by atoms with Crippen LogP contribution in [0.5, 0.6) is 0 Å². The van der Waals surface area contributed by atoms with Gasteiger partial charge in [0.1, 0.15) is 24.0 Å². The van der Waals surface area contributed by atoms with Crippen LogP contribution in [0, 0.1) is 6.92 Å². The number of nitrogens with one attached hydrogen (secondary N) is 1. The van der Waals surface area contributed by atoms with Crippen LogP contribution < -0.4 is 16.0 Å². The van der Waals surface area contributed by atoms with Crippen molar-refractivity contribution >= 4 is 17.5 Å². The predicted molar refractivity (Wildman–Crippen MR) is 70.5 cm³/mol. The summed E-state index contributed by atoms with van der Waals surface area (Å²) in [5.41, 5.74) is 6.43. The molecule has 1 aliphatic rings. The number of nitrogens with two attached hydrogens (primary N) is 1. The van der Waals surface area contributed by atoms with E-state index in [1.54, 1.807) is 0 Å². The van der Waals surface area contributed by atoms with E-state index in [0.29, 0.717) is 0 Å². The normalized spacial score (nSPS) is 19.7. The van der Waals surface area contributed by atoms with Crippen LogP contribution >= 0.6 is 0 Å². The lowest BCUT2D eigenvalue weighted by Crippen LogP contribution is -2.48. The van der Waals surface area contributed by atoms with E-state index >= 15 is 0 Å². The van der Waals surface area contributed by atoms with E-state index in [1.807, 2.05) is 18.9 Å². The quantitative estimate of drug-likeness (QED) is 0.822. The van der Waals surface area contributed by atoms with Crippen molar-refractivity contribution in [2.75, 3.05) is 23.8 Å². The molecule has 1 aliphatic heterocycles. The molecule has 0 radical (unpaired) electrons. The van der Waals surface area contributed by atoms with Gasteiger partial charge in [-0.1, -0.05) is 0 Å². The molecule has 1 aromatic heterocycles. The van der Waals surface area contributed by atoms with Crippen molar-refractivity contribution in [1.29, 1.82) is 0 Å². The molecule has 0 spiro atoms. The second-order valence-corrected chi connectivity index (χ2v) is 4.53. The van der Waals surface area contributed by atoms with E-state index in [9.17, 15) is 4.79 Å². The van der Waals surface area contributed by atoms with Gasteiger partial charge in [-0.3, -0.25) is 4.79 Å². The average Bonchev–Trinajstić information content (AvgIpc) is 2.39. The summed E-state index contributed by atoms with van der Waals surface area (Å²) in [7, 11) is 1.82. The number of carbonyl (C=O) groups excluding carboxylic acids is 1. The van der Waals surface area contributed by atoms with Crippen LogP contribution in [-0.4, -0.2) is 35.5 Å². The summed E-state index contributed by atoms with van der Waals surface area (Å²) in [4.78, 5) is 22.0. The highest BCUT2D eigenvalue weighted by Crippen LogP contribution is 2.28. The van der Waals surface area contributed by atoms with E-state index in [4.69, 9.17) is 5.73 Å². The number of nitrogens with zero attached hydrogens (tertiary/aromatic N) is 3. The Balaban J connectivity index is 2.36. The van der Waals surface area contributed by atoms with Crippen molar-refractivity contribution < 1.29 is 4.79 Å². The Kier molecular flexibility index (Phi) is 3.64. The van der Waals surface area contributed by atoms with Crippen LogP contribution in [0.15, 0.2) is 6.33 Å². The lowest BCUT2D eigenvalue weighted by Gasteiger charge is -2.35. The standard InChI is InChI=1S/C12H19N5O/c1-8-11(14-2)15-7-16-12(8)17-6-4-3-5-9(17)10(13)18/h7,9H,3-6H2,1-2H3,(H2,13,18)(H,14,15,16). The molecule has 1 saturated heterocycles. The summed E-state index contributed by atoms with van der Waals surface area (Å²) < 4.78 is 0. The topological polar surface area (TPSA) is 84.1 Å². The molecule has 6 heteroatoms. The maximum Gasteiger partial charge on any atom is 0.240 e. The third kappa shape index (κ3) is 2.23. The fraction of sp³-hybridized carbons (Fsp3) is 0.583. The molecule has 98 valence electrons. The number of hydrogen-bond acceptors (Lipinski definition) is 5. The zero-order chi connectivity index (χ0) is 13.1. The smallest absolute Gasteiger partial charge is 0.240 e. The molecular weight excluding hydrogens is 230 g/mol. The van der Waals surface area contributed by atoms with Gasteiger partial charge in [-0.05, 0) is 26.2 Å². The van der Waals surface area contributed by atoms with E-state index in [1.165, 1.54) is 6.33 Å². The van der Waals surface area contributed by atoms with Crippen LogP contribution in [0.4, 0.5) is 11.6 Å². The minimum atomic E-state index is -0.279. The van der Waals surface area contributed by atoms with Gasteiger partial charge in [0.25, 0.3) is 0 Å². The second kappa shape index (κ2) is 5.20. The van der Waals surface area contributed by atoms with Crippen molar-refractivity contribution in [1.82, 2.24) is 9.97 Å². The van der Waals surface area contributed by atoms with Gasteiger partial charge in [0.15, 0.2) is 0 Å². The maximum absolute atomic E-state index is 11.5. The first-order chi connectivity index (χ1) is 8.65. The summed E-state index contributed by atoms with van der Waals surface area (Å²) in [5.74, 6) is 1.31. The van der Waals surface area contributed by atoms with Gasteiger partial charge in [-0.15, -0.1) is 0 Å². The number of amides is 1. The molecule has 18 heavy (non-hydrogen) atoms. The zero-order valence-electron chi connectivity index (χ0n) is 10.8. The minimum absolute atomic E-state index is 0.253. The molecular formula is C12H19N5O. The van der Waals surface area contributed by atoms with Crippen molar-refractivity contribution in [2.45, 2.75) is 32.2 Å². The Morgan fingerprint density at radius 3 is 2.94 bits per heavy atom. The fourth-order valence-corrected chi connectivity index (χ4v) is 2.46. The Labute approximate surface area is 107 Å². The summed E-state index contributed by atoms with van der Waals surface area (Å²) in [5, 5.41) is 3.02. The number of hydrogen-bond donors (Lipinski definition) is 2. The number of aromatic nitrogens is 2. The maximum atomic E-state index is 11.5. The molecule has 6 nitrogen and oxygen atoms in total. The van der Waals surface area contributed by atoms with E-state index in [0.717, 1.165) is 43.0 Å². The number of rotatable bonds is 3. The van der Waals surface area contributed by atoms with E-state index in [-0.39, 0.29) is 11.9 Å². The van der Waals surface area contributed by atoms with Crippen LogP contribution in [0.25, 0.3) is 0 Å². The molecule has 0 aliphatic carbocycles. The molecule has 2 heterocycles. The molecule has 1 aromatic rings. The van der Waals surface area contributed by atoms with E-state index in [2.05, 4.69) is 15.3 Å². The first-order valence-corrected chi connectivity index (χ1v) is 6.20. The highest BCUT2D eigenvalue weighted by atomic mass is 16.1. The molecule has 2 rings (SSSR count). The van der Waals surface area contributed by atoms with Crippen molar-refractivity contribution in [2.24, 2.45) is 5.73 Å². The van der Waals surface area contributed by atoms with Crippen LogP contribution in [0.1, 0.15) is 24.8 Å². The Hall–Kier alpha value is -1.85. The Morgan fingerprint density at radius 2 is 2.28 bits per heavy atom. The van der Waals surface area contributed by atoms with Crippen LogP contribution in [0.3, 0.4) is 0 Å². The Bertz CT molecular complexity index is 448. The van der Waals surface area contributed by atoms with Gasteiger partial charge >= 0.3 is 0 Å². The summed E-state index contributed by atoms with van der Waals surface area (Å²) >= 11 is 0. The second-order valence-electron chi connectivity index (χ2n) is 4.53. The van der Waals surface area contributed by atoms with Crippen molar-refractivity contribution in [3.8, 4) is 0 Å². The lowest BCUT2D eigenvalue weighted by atomic mass is 10.0. The van der Waals surface area contributed by atoms with Crippen molar-refractivity contribution in [3.05, 3.63) is 11.9 Å². The van der Waals surface area contributed by atoms with Gasteiger partial charge in [0, 0.05) is 19.2 Å². The first kappa shape index (κ1) is 12.6. The summed E-state index contributed by atoms with van der Waals surface area (Å²) in [6, 6.07) is -0.253. The number of piperidine rings is 1. The Morgan fingerprint density at radius 1 is 1.50 bits per heavy atom. The minimum Gasteiger partial charge on any atom is -0.373 e. The largest absolute Gasteiger partial charge is 0.373 e. The molecule has 1 fully saturated rings. The van der Waals surface area contributed by atoms with Gasteiger partial charge in [0.05, 0.1) is 0 Å². The molecule has 3 N–H and O–H groups in total. The molecule has 1 atom stereocenters. The van der Waals surface area contributed by atoms with Gasteiger partial charge < -0.3 is 16.0 Å². The molecule has 0 saturated carbocycles. The molecule has 1 unspecified atom stereocenters. The fourth-order valence-electron chi connectivity index (χ4n) is 2.46. The SMILES string of the molecule is CNc1ncnc(N2CCCCC2C(N)=O)c1C. The van der Waals surface area contributed by atoms with Gasteiger partial charge in [-0.25, -0.2) is 9.97 Å². The average molecular weight is 249 g/mol. The highest BCUT2D eigenvalue weighted by Gasteiger charge is 2.29. The molecule has 0 bridgehead atoms. The first-order valence-electron chi connectivity index (χ1n) is 6.20. The van der Waals surface area contributed by atoms with E-state index < -0.39 is 0 Å². The van der Waals surface area contributed by atoms with Crippen molar-refractivity contribution in [3.63, 3.8) is 0 Å². The number of anilines is 2. The van der Waals surface area contributed by atoms with Crippen LogP contribution in [-0.2, 0) is 4.79 Å². The predicted octanol–water partition coefficient (Wildman–Crippen LogP) is 0.671. The third-order valence-corrected chi connectivity index (χ3v) is 3.40. The number of carbonyl (C=O) groups is 1. The van der Waals surface area contributed by atoms with Gasteiger partial charge in [-0.2, -0.15) is 0 Å². The van der Waals surface area contributed by atoms with Crippen LogP contribution in [0.2, 0.25) is 0 Å². The summed E-state index contributed by atoms with van der Waals surface area (Å²) in [6.07, 6.45) is 4.41. The summed E-state index contributed by atoms with van der Waals surface area (Å²) in [6.45, 7) is 2.77. The number of primary amides is 1. The molecule has 1 amide bonds. The highest BCUT2D eigenvalue weighted by molar-refractivity contribution is 5.84. The lowest BCUT2D eigenvalue weighted by molar-refractivity contribution is -0.119. The van der Waals surface area contributed by atoms with Gasteiger partial charge in [0.2, 0.25) is 5.91 Å².